The molecule has 4 aliphatic carbocycles. The summed E-state index contributed by atoms with van der Waals surface area (Å²) in [4.78, 5) is 36.3. The molecule has 2 saturated carbocycles. The summed E-state index contributed by atoms with van der Waals surface area (Å²) in [7, 11) is 0. The number of allylic oxidation sites excluding steroid dienone is 4. The first-order valence-electron chi connectivity index (χ1n) is 12.6. The summed E-state index contributed by atoms with van der Waals surface area (Å²) < 4.78 is 6.16. The number of carbonyl (C=O) groups is 3. The zero-order valence-electron chi connectivity index (χ0n) is 19.6. The van der Waals surface area contributed by atoms with Gasteiger partial charge in [0, 0.05) is 29.7 Å². The molecule has 1 aromatic rings. The van der Waals surface area contributed by atoms with Gasteiger partial charge in [0.1, 0.15) is 5.60 Å². The molecule has 172 valence electrons. The van der Waals surface area contributed by atoms with Gasteiger partial charge in [0.25, 0.3) is 0 Å². The van der Waals surface area contributed by atoms with Gasteiger partial charge < -0.3 is 4.74 Å². The largest absolute Gasteiger partial charge is 0.458 e. The van der Waals surface area contributed by atoms with Crippen LogP contribution >= 0.6 is 0 Å². The van der Waals surface area contributed by atoms with E-state index in [0.717, 1.165) is 50.5 Å². The molecule has 1 heterocycles. The predicted molar refractivity (Wildman–Crippen MR) is 125 cm³/mol. The zero-order chi connectivity index (χ0) is 23.0. The molecule has 33 heavy (non-hydrogen) atoms. The number of hydrogen-bond donors (Lipinski definition) is 0. The minimum Gasteiger partial charge on any atom is -0.458 e. The van der Waals surface area contributed by atoms with E-state index in [1.54, 1.807) is 12.5 Å². The van der Waals surface area contributed by atoms with Gasteiger partial charge in [-0.1, -0.05) is 36.8 Å². The topological polar surface area (TPSA) is 60.4 Å². The van der Waals surface area contributed by atoms with Crippen molar-refractivity contribution >= 4 is 17.5 Å². The van der Waals surface area contributed by atoms with Crippen LogP contribution in [0.5, 0.6) is 0 Å². The molecular weight excluding hydrogens is 412 g/mol. The second-order valence-electron chi connectivity index (χ2n) is 11.2. The van der Waals surface area contributed by atoms with Gasteiger partial charge in [0.15, 0.2) is 11.6 Å². The van der Waals surface area contributed by atoms with E-state index in [9.17, 15) is 14.4 Å². The molecule has 1 aromatic carbocycles. The van der Waals surface area contributed by atoms with Crippen molar-refractivity contribution in [2.75, 3.05) is 0 Å². The fraction of sp³-hybridized carbons (Fsp3) is 0.552. The summed E-state index contributed by atoms with van der Waals surface area (Å²) in [6, 6.07) is 8.17. The van der Waals surface area contributed by atoms with E-state index >= 15 is 0 Å². The lowest BCUT2D eigenvalue weighted by Gasteiger charge is -2.54. The van der Waals surface area contributed by atoms with Gasteiger partial charge in [-0.3, -0.25) is 14.4 Å². The maximum atomic E-state index is 12.3. The molecule has 3 fully saturated rings. The molecule has 2 unspecified atom stereocenters. The highest BCUT2D eigenvalue weighted by Crippen LogP contribution is 2.69. The van der Waals surface area contributed by atoms with Crippen molar-refractivity contribution in [2.45, 2.75) is 83.2 Å². The summed E-state index contributed by atoms with van der Waals surface area (Å²) in [5.74, 6) is 1.52. The Balaban J connectivity index is 1.50. The maximum absolute atomic E-state index is 12.3. The Kier molecular flexibility index (Phi) is 4.63. The SMILES string of the molecule is CC(=O)c1ccc([C@H]2C[C@@]3(C)C(CC[C@]34CCC(=O)O4)C3CCC4=CC(=O)CCC4=C32)cc1. The van der Waals surface area contributed by atoms with Crippen LogP contribution in [-0.4, -0.2) is 23.1 Å². The highest BCUT2D eigenvalue weighted by molar-refractivity contribution is 5.94. The lowest BCUT2D eigenvalue weighted by molar-refractivity contribution is -0.162. The first-order valence-corrected chi connectivity index (χ1v) is 12.6. The van der Waals surface area contributed by atoms with Crippen LogP contribution in [0, 0.1) is 17.3 Å². The first-order chi connectivity index (χ1) is 15.8. The Morgan fingerprint density at radius 1 is 1.00 bits per heavy atom. The third kappa shape index (κ3) is 2.98. The van der Waals surface area contributed by atoms with Crippen molar-refractivity contribution in [1.29, 1.82) is 0 Å². The summed E-state index contributed by atoms with van der Waals surface area (Å²) in [5.41, 5.74) is 5.83. The normalized spacial score (nSPS) is 37.4. The van der Waals surface area contributed by atoms with Gasteiger partial charge in [-0.2, -0.15) is 0 Å². The second-order valence-corrected chi connectivity index (χ2v) is 11.2. The van der Waals surface area contributed by atoms with Gasteiger partial charge in [-0.05, 0) is 86.5 Å². The van der Waals surface area contributed by atoms with Crippen molar-refractivity contribution in [3.8, 4) is 0 Å². The molecule has 1 saturated heterocycles. The molecule has 0 aromatic heterocycles. The van der Waals surface area contributed by atoms with E-state index in [0.29, 0.717) is 24.7 Å². The average Bonchev–Trinajstić information content (AvgIpc) is 3.32. The number of benzene rings is 1. The fourth-order valence-electron chi connectivity index (χ4n) is 8.19. The molecular formula is C29H32O4. The van der Waals surface area contributed by atoms with Crippen molar-refractivity contribution in [1.82, 2.24) is 0 Å². The molecule has 5 atom stereocenters. The number of hydrogen-bond acceptors (Lipinski definition) is 4. The van der Waals surface area contributed by atoms with Gasteiger partial charge >= 0.3 is 5.97 Å². The number of rotatable bonds is 2. The molecule has 4 nitrogen and oxygen atoms in total. The number of Topliss-reactive ketones (excluding diaryl/α,β-unsaturated/α-hetero) is 1. The van der Waals surface area contributed by atoms with Gasteiger partial charge in [0.05, 0.1) is 0 Å². The minimum atomic E-state index is -0.332. The zero-order valence-corrected chi connectivity index (χ0v) is 19.6. The molecule has 1 aliphatic heterocycles. The van der Waals surface area contributed by atoms with Gasteiger partial charge in [0.2, 0.25) is 0 Å². The predicted octanol–water partition coefficient (Wildman–Crippen LogP) is 5.86. The highest BCUT2D eigenvalue weighted by atomic mass is 16.6. The first kappa shape index (κ1) is 21.1. The van der Waals surface area contributed by atoms with E-state index in [4.69, 9.17) is 4.74 Å². The van der Waals surface area contributed by atoms with Gasteiger partial charge in [-0.25, -0.2) is 0 Å². The molecule has 4 heteroatoms. The Bertz CT molecular complexity index is 1120. The molecule has 0 bridgehead atoms. The molecule has 6 rings (SSSR count). The summed E-state index contributed by atoms with van der Waals surface area (Å²) in [6.07, 6.45) is 9.82. The van der Waals surface area contributed by atoms with Crippen molar-refractivity contribution in [2.24, 2.45) is 17.3 Å². The van der Waals surface area contributed by atoms with Crippen molar-refractivity contribution < 1.29 is 19.1 Å². The highest BCUT2D eigenvalue weighted by Gasteiger charge is 2.66. The Morgan fingerprint density at radius 2 is 1.79 bits per heavy atom. The summed E-state index contributed by atoms with van der Waals surface area (Å²) >= 11 is 0. The lowest BCUT2D eigenvalue weighted by atomic mass is 9.51. The van der Waals surface area contributed by atoms with Gasteiger partial charge in [-0.15, -0.1) is 0 Å². The Morgan fingerprint density at radius 3 is 2.48 bits per heavy atom. The monoisotopic (exact) mass is 444 g/mol. The van der Waals surface area contributed by atoms with Crippen LogP contribution in [0.3, 0.4) is 0 Å². The molecule has 0 N–H and O–H groups in total. The number of ketones is 2. The maximum Gasteiger partial charge on any atom is 0.306 e. The standard InChI is InChI=1S/C29H32O4/c1-17(30)18-3-5-19(6-4-18)24-16-28(2)25(11-13-29(28)14-12-26(32)33-29)23-9-7-20-15-21(31)8-10-22(20)27(23)24/h3-6,15,23-25H,7-14,16H2,1-2H3/t23?,24-,25?,28+,29+/m1/s1. The second kappa shape index (κ2) is 7.25. The fourth-order valence-corrected chi connectivity index (χ4v) is 8.19. The Hall–Kier alpha value is -2.49. The van der Waals surface area contributed by atoms with Crippen molar-refractivity contribution in [3.63, 3.8) is 0 Å². The third-order valence-electron chi connectivity index (χ3n) is 9.79. The molecule has 5 aliphatic rings. The van der Waals surface area contributed by atoms with Crippen LogP contribution in [0.1, 0.15) is 93.5 Å². The van der Waals surface area contributed by atoms with Crippen LogP contribution in [0.4, 0.5) is 0 Å². The van der Waals surface area contributed by atoms with Crippen LogP contribution < -0.4 is 0 Å². The smallest absolute Gasteiger partial charge is 0.306 e. The lowest BCUT2D eigenvalue weighted by Crippen LogP contribution is -2.51. The summed E-state index contributed by atoms with van der Waals surface area (Å²) in [6.45, 7) is 3.99. The van der Waals surface area contributed by atoms with E-state index in [2.05, 4.69) is 19.1 Å². The van der Waals surface area contributed by atoms with Crippen LogP contribution in [0.15, 0.2) is 47.1 Å². The van der Waals surface area contributed by atoms with Crippen molar-refractivity contribution in [3.05, 3.63) is 58.2 Å². The minimum absolute atomic E-state index is 0.0388. The number of carbonyl (C=O) groups excluding carboxylic acids is 3. The van der Waals surface area contributed by atoms with Crippen LogP contribution in [0.2, 0.25) is 0 Å². The number of ether oxygens (including phenoxy) is 1. The third-order valence-corrected chi connectivity index (χ3v) is 9.79. The number of esters is 1. The van der Waals surface area contributed by atoms with E-state index < -0.39 is 0 Å². The summed E-state index contributed by atoms with van der Waals surface area (Å²) in [5, 5.41) is 0. The molecule has 0 amide bonds. The molecule has 0 radical (unpaired) electrons. The Labute approximate surface area is 195 Å². The average molecular weight is 445 g/mol. The van der Waals surface area contributed by atoms with E-state index in [1.807, 2.05) is 18.2 Å². The van der Waals surface area contributed by atoms with E-state index in [1.165, 1.54) is 16.7 Å². The van der Waals surface area contributed by atoms with E-state index in [-0.39, 0.29) is 34.5 Å². The number of fused-ring (bicyclic) bond motifs is 5. The molecule has 1 spiro atoms. The van der Waals surface area contributed by atoms with Crippen LogP contribution in [-0.2, 0) is 14.3 Å². The quantitative estimate of drug-likeness (QED) is 0.423. The van der Waals surface area contributed by atoms with Crippen LogP contribution in [0.25, 0.3) is 0 Å².